The number of rotatable bonds is 7. The second kappa shape index (κ2) is 9.59. The average molecular weight is 435 g/mol. The molecule has 1 aliphatic rings. The van der Waals surface area contributed by atoms with Gasteiger partial charge in [0.1, 0.15) is 0 Å². The van der Waals surface area contributed by atoms with E-state index in [0.29, 0.717) is 11.6 Å². The third kappa shape index (κ3) is 5.39. The van der Waals surface area contributed by atoms with Gasteiger partial charge in [-0.1, -0.05) is 6.92 Å². The molecule has 2 aromatic carbocycles. The molecule has 1 amide bonds. The van der Waals surface area contributed by atoms with Crippen LogP contribution in [0.2, 0.25) is 0 Å². The number of methoxy groups -OCH3 is 1. The van der Waals surface area contributed by atoms with E-state index in [2.05, 4.69) is 17.0 Å². The lowest BCUT2D eigenvalue weighted by Gasteiger charge is -2.33. The Morgan fingerprint density at radius 1 is 1.19 bits per heavy atom. The summed E-state index contributed by atoms with van der Waals surface area (Å²) in [7, 11) is 1.31. The van der Waals surface area contributed by atoms with E-state index in [1.807, 2.05) is 4.90 Å². The summed E-state index contributed by atoms with van der Waals surface area (Å²) in [5.41, 5.74) is 0.699. The molecule has 0 bridgehead atoms. The molecular weight excluding hydrogens is 412 g/mol. The van der Waals surface area contributed by atoms with Crippen molar-refractivity contribution in [2.24, 2.45) is 5.92 Å². The van der Waals surface area contributed by atoms with E-state index >= 15 is 0 Å². The first-order chi connectivity index (χ1) is 14.8. The molecule has 1 aliphatic heterocycles. The Labute approximate surface area is 177 Å². The maximum atomic E-state index is 13.0. The van der Waals surface area contributed by atoms with E-state index in [-0.39, 0.29) is 28.4 Å². The number of carbonyl (C=O) groups excluding carboxylic acids is 1. The molecule has 0 aromatic heterocycles. The predicted molar refractivity (Wildman–Crippen MR) is 111 cm³/mol. The first kappa shape index (κ1) is 22.3. The molecule has 166 valence electrons. The highest BCUT2D eigenvalue weighted by molar-refractivity contribution is 6.08. The van der Waals surface area contributed by atoms with Gasteiger partial charge in [0.15, 0.2) is 11.5 Å². The lowest BCUT2D eigenvalue weighted by atomic mass is 9.98. The van der Waals surface area contributed by atoms with Gasteiger partial charge < -0.3 is 19.7 Å². The zero-order valence-electron chi connectivity index (χ0n) is 17.1. The van der Waals surface area contributed by atoms with Crippen LogP contribution in [0.1, 0.15) is 30.1 Å². The quantitative estimate of drug-likeness (QED) is 0.501. The van der Waals surface area contributed by atoms with Crippen LogP contribution in [0.15, 0.2) is 36.4 Å². The number of non-ortho nitro benzene ring substituents is 1. The summed E-state index contributed by atoms with van der Waals surface area (Å²) in [5.74, 6) is -0.180. The van der Waals surface area contributed by atoms with Crippen molar-refractivity contribution in [3.05, 3.63) is 52.1 Å². The molecule has 1 fully saturated rings. The van der Waals surface area contributed by atoms with Crippen LogP contribution in [0, 0.1) is 16.0 Å². The van der Waals surface area contributed by atoms with Gasteiger partial charge in [-0.2, -0.15) is 8.78 Å². The smallest absolute Gasteiger partial charge is 0.387 e. The van der Waals surface area contributed by atoms with Gasteiger partial charge >= 0.3 is 6.61 Å². The van der Waals surface area contributed by atoms with E-state index in [9.17, 15) is 23.7 Å². The minimum atomic E-state index is -3.07. The molecule has 0 spiro atoms. The highest BCUT2D eigenvalue weighted by Crippen LogP contribution is 2.33. The number of benzene rings is 2. The van der Waals surface area contributed by atoms with Gasteiger partial charge in [0.05, 0.1) is 23.3 Å². The zero-order valence-corrected chi connectivity index (χ0v) is 17.1. The molecule has 0 saturated carbocycles. The minimum absolute atomic E-state index is 0.0803. The normalized spacial score (nSPS) is 14.4. The lowest BCUT2D eigenvalue weighted by molar-refractivity contribution is -0.384. The Hall–Kier alpha value is -3.43. The molecule has 0 unspecified atom stereocenters. The summed E-state index contributed by atoms with van der Waals surface area (Å²) in [6.07, 6.45) is 1.90. The maximum absolute atomic E-state index is 13.0. The molecule has 2 aromatic rings. The van der Waals surface area contributed by atoms with Gasteiger partial charge in [-0.05, 0) is 37.0 Å². The summed E-state index contributed by atoms with van der Waals surface area (Å²) in [4.78, 5) is 25.7. The van der Waals surface area contributed by atoms with Crippen LogP contribution in [0.25, 0.3) is 0 Å². The number of nitro groups is 1. The Kier molecular flexibility index (Phi) is 6.88. The monoisotopic (exact) mass is 435 g/mol. The molecule has 0 aliphatic carbocycles. The van der Waals surface area contributed by atoms with Crippen molar-refractivity contribution in [3.63, 3.8) is 0 Å². The molecule has 1 saturated heterocycles. The van der Waals surface area contributed by atoms with Crippen molar-refractivity contribution in [2.75, 3.05) is 30.4 Å². The number of nitro benzene ring substituents is 1. The van der Waals surface area contributed by atoms with E-state index in [1.165, 1.54) is 37.4 Å². The van der Waals surface area contributed by atoms with Gasteiger partial charge in [-0.3, -0.25) is 14.9 Å². The number of nitrogens with one attached hydrogen (secondary N) is 1. The second-order valence-corrected chi connectivity index (χ2v) is 7.33. The fourth-order valence-corrected chi connectivity index (χ4v) is 3.49. The van der Waals surface area contributed by atoms with Crippen LogP contribution in [0.3, 0.4) is 0 Å². The largest absolute Gasteiger partial charge is 0.493 e. The van der Waals surface area contributed by atoms with Crippen molar-refractivity contribution in [1.29, 1.82) is 0 Å². The Morgan fingerprint density at radius 2 is 1.90 bits per heavy atom. The molecule has 8 nitrogen and oxygen atoms in total. The summed E-state index contributed by atoms with van der Waals surface area (Å²) >= 11 is 0. The van der Waals surface area contributed by atoms with E-state index in [0.717, 1.165) is 25.9 Å². The van der Waals surface area contributed by atoms with Gasteiger partial charge in [-0.15, -0.1) is 0 Å². The highest BCUT2D eigenvalue weighted by Gasteiger charge is 2.24. The number of hydrogen-bond donors (Lipinski definition) is 1. The van der Waals surface area contributed by atoms with Crippen LogP contribution in [0.5, 0.6) is 11.5 Å². The molecule has 1 heterocycles. The standard InChI is InChI=1S/C21H23F2N3O5/c1-13-7-9-25(10-8-13)17-5-4-15(26(28)29)12-16(17)20(27)24-14-3-6-18(30-2)19(11-14)31-21(22)23/h3-6,11-13,21H,7-10H2,1-2H3,(H,24,27). The summed E-state index contributed by atoms with van der Waals surface area (Å²) < 4.78 is 34.8. The molecular formula is C21H23F2N3O5. The first-order valence-electron chi connectivity index (χ1n) is 9.76. The van der Waals surface area contributed by atoms with Crippen LogP contribution in [-0.2, 0) is 0 Å². The second-order valence-electron chi connectivity index (χ2n) is 7.33. The van der Waals surface area contributed by atoms with Crippen molar-refractivity contribution in [1.82, 2.24) is 0 Å². The summed E-state index contributed by atoms with van der Waals surface area (Å²) in [5, 5.41) is 13.9. The fraction of sp³-hybridized carbons (Fsp3) is 0.381. The number of alkyl halides is 2. The number of anilines is 2. The number of ether oxygens (including phenoxy) is 2. The molecule has 1 N–H and O–H groups in total. The molecule has 3 rings (SSSR count). The third-order valence-electron chi connectivity index (χ3n) is 5.20. The van der Waals surface area contributed by atoms with E-state index < -0.39 is 17.4 Å². The maximum Gasteiger partial charge on any atom is 0.387 e. The van der Waals surface area contributed by atoms with Crippen molar-refractivity contribution >= 4 is 23.0 Å². The fourth-order valence-electron chi connectivity index (χ4n) is 3.49. The van der Waals surface area contributed by atoms with E-state index in [1.54, 1.807) is 6.07 Å². The first-order valence-corrected chi connectivity index (χ1v) is 9.76. The Bertz CT molecular complexity index is 962. The van der Waals surface area contributed by atoms with Crippen LogP contribution >= 0.6 is 0 Å². The van der Waals surface area contributed by atoms with Gasteiger partial charge in [0.2, 0.25) is 0 Å². The van der Waals surface area contributed by atoms with Gasteiger partial charge in [0.25, 0.3) is 11.6 Å². The predicted octanol–water partition coefficient (Wildman–Crippen LogP) is 4.69. The molecule has 10 heteroatoms. The number of carbonyl (C=O) groups is 1. The van der Waals surface area contributed by atoms with Gasteiger partial charge in [-0.25, -0.2) is 0 Å². The minimum Gasteiger partial charge on any atom is -0.493 e. The van der Waals surface area contributed by atoms with Crippen molar-refractivity contribution in [2.45, 2.75) is 26.4 Å². The van der Waals surface area contributed by atoms with Crippen molar-refractivity contribution < 1.29 is 28.0 Å². The lowest BCUT2D eigenvalue weighted by Crippen LogP contribution is -2.34. The Morgan fingerprint density at radius 3 is 2.52 bits per heavy atom. The van der Waals surface area contributed by atoms with Crippen LogP contribution in [0.4, 0.5) is 25.8 Å². The van der Waals surface area contributed by atoms with E-state index in [4.69, 9.17) is 4.74 Å². The van der Waals surface area contributed by atoms with Crippen LogP contribution < -0.4 is 19.7 Å². The Balaban J connectivity index is 1.91. The molecule has 0 radical (unpaired) electrons. The number of amides is 1. The third-order valence-corrected chi connectivity index (χ3v) is 5.20. The number of halogens is 2. The summed E-state index contributed by atoms with van der Waals surface area (Å²) in [6.45, 7) is 0.552. The SMILES string of the molecule is COc1ccc(NC(=O)c2cc([N+](=O)[O-])ccc2N2CCC(C)CC2)cc1OC(F)F. The van der Waals surface area contributed by atoms with Gasteiger partial charge in [0, 0.05) is 37.0 Å². The average Bonchev–Trinajstić information content (AvgIpc) is 2.73. The number of hydrogen-bond acceptors (Lipinski definition) is 6. The number of nitrogens with zero attached hydrogens (tertiary/aromatic N) is 2. The summed E-state index contributed by atoms with van der Waals surface area (Å²) in [6, 6.07) is 8.22. The molecule has 0 atom stereocenters. The number of piperidine rings is 1. The molecule has 31 heavy (non-hydrogen) atoms. The van der Waals surface area contributed by atoms with Crippen LogP contribution in [-0.4, -0.2) is 37.6 Å². The topological polar surface area (TPSA) is 93.9 Å². The van der Waals surface area contributed by atoms with Crippen molar-refractivity contribution in [3.8, 4) is 11.5 Å². The zero-order chi connectivity index (χ0) is 22.5. The highest BCUT2D eigenvalue weighted by atomic mass is 19.3.